The van der Waals surface area contributed by atoms with E-state index in [1.54, 1.807) is 26.4 Å². The van der Waals surface area contributed by atoms with Crippen LogP contribution in [0.4, 0.5) is 5.13 Å². The van der Waals surface area contributed by atoms with Crippen LogP contribution in [-0.4, -0.2) is 25.1 Å². The van der Waals surface area contributed by atoms with Crippen molar-refractivity contribution in [2.45, 2.75) is 6.92 Å². The molecule has 0 aliphatic rings. The molecule has 5 nitrogen and oxygen atoms in total. The van der Waals surface area contributed by atoms with Gasteiger partial charge in [-0.25, -0.2) is 4.98 Å². The van der Waals surface area contributed by atoms with E-state index in [2.05, 4.69) is 10.3 Å². The van der Waals surface area contributed by atoms with Gasteiger partial charge in [-0.2, -0.15) is 0 Å². The van der Waals surface area contributed by atoms with E-state index in [4.69, 9.17) is 9.47 Å². The third-order valence-electron chi connectivity index (χ3n) is 3.71. The summed E-state index contributed by atoms with van der Waals surface area (Å²) in [7, 11) is 3.23. The van der Waals surface area contributed by atoms with Gasteiger partial charge in [0.05, 0.1) is 19.9 Å². The molecule has 0 fully saturated rings. The molecule has 3 rings (SSSR count). The molecule has 6 heteroatoms. The smallest absolute Gasteiger partial charge is 0.257 e. The lowest BCUT2D eigenvalue weighted by Crippen LogP contribution is -2.11. The number of hydrogen-bond acceptors (Lipinski definition) is 5. The van der Waals surface area contributed by atoms with E-state index < -0.39 is 0 Å². The van der Waals surface area contributed by atoms with E-state index in [9.17, 15) is 4.79 Å². The summed E-state index contributed by atoms with van der Waals surface area (Å²) in [6.45, 7) is 1.96. The van der Waals surface area contributed by atoms with E-state index in [0.717, 1.165) is 21.9 Å². The highest BCUT2D eigenvalue weighted by Crippen LogP contribution is 2.38. The molecule has 3 aromatic rings. The molecule has 0 spiro atoms. The molecule has 1 heterocycles. The molecular weight excluding hydrogens is 336 g/mol. The monoisotopic (exact) mass is 354 g/mol. The standard InChI is InChI=1S/C19H18N2O3S/c1-12-17(15-11-14(23-2)9-10-16(15)24-3)20-19(25-12)21-18(22)13-7-5-4-6-8-13/h4-11H,1-3H3,(H,20,21,22). The first-order chi connectivity index (χ1) is 12.1. The zero-order valence-electron chi connectivity index (χ0n) is 14.2. The molecule has 0 atom stereocenters. The van der Waals surface area contributed by atoms with Gasteiger partial charge in [-0.05, 0) is 37.3 Å². The summed E-state index contributed by atoms with van der Waals surface area (Å²) in [5.74, 6) is 1.24. The van der Waals surface area contributed by atoms with Gasteiger partial charge in [0.25, 0.3) is 5.91 Å². The molecule has 0 aliphatic heterocycles. The van der Waals surface area contributed by atoms with Gasteiger partial charge in [-0.1, -0.05) is 18.2 Å². The van der Waals surface area contributed by atoms with Gasteiger partial charge in [0, 0.05) is 16.0 Å². The van der Waals surface area contributed by atoms with E-state index in [0.29, 0.717) is 16.4 Å². The van der Waals surface area contributed by atoms with Crippen molar-refractivity contribution in [1.29, 1.82) is 0 Å². The number of ether oxygens (including phenoxy) is 2. The SMILES string of the molecule is COc1ccc(OC)c(-c2nc(NC(=O)c3ccccc3)sc2C)c1. The number of hydrogen-bond donors (Lipinski definition) is 1. The zero-order chi connectivity index (χ0) is 17.8. The van der Waals surface area contributed by atoms with Gasteiger partial charge in [0.15, 0.2) is 5.13 Å². The van der Waals surface area contributed by atoms with Gasteiger partial charge < -0.3 is 9.47 Å². The highest BCUT2D eigenvalue weighted by Gasteiger charge is 2.17. The number of carbonyl (C=O) groups is 1. The Morgan fingerprint density at radius 2 is 1.84 bits per heavy atom. The predicted molar refractivity (Wildman–Crippen MR) is 99.8 cm³/mol. The lowest BCUT2D eigenvalue weighted by atomic mass is 10.1. The number of thiazole rings is 1. The zero-order valence-corrected chi connectivity index (χ0v) is 15.0. The Morgan fingerprint density at radius 3 is 2.52 bits per heavy atom. The van der Waals surface area contributed by atoms with E-state index >= 15 is 0 Å². The van der Waals surface area contributed by atoms with Crippen LogP contribution >= 0.6 is 11.3 Å². The minimum atomic E-state index is -0.182. The molecule has 0 aliphatic carbocycles. The minimum absolute atomic E-state index is 0.182. The largest absolute Gasteiger partial charge is 0.497 e. The summed E-state index contributed by atoms with van der Waals surface area (Å²) < 4.78 is 10.7. The molecule has 0 saturated heterocycles. The average Bonchev–Trinajstić information content (AvgIpc) is 3.01. The Kier molecular flexibility index (Phi) is 5.00. The molecule has 2 aromatic carbocycles. The van der Waals surface area contributed by atoms with Crippen LogP contribution in [0.25, 0.3) is 11.3 Å². The van der Waals surface area contributed by atoms with Crippen molar-refractivity contribution in [3.8, 4) is 22.8 Å². The number of aromatic nitrogens is 1. The number of nitrogens with one attached hydrogen (secondary N) is 1. The molecule has 1 amide bonds. The van der Waals surface area contributed by atoms with Crippen LogP contribution in [0.2, 0.25) is 0 Å². The van der Waals surface area contributed by atoms with Gasteiger partial charge >= 0.3 is 0 Å². The van der Waals surface area contributed by atoms with E-state index in [-0.39, 0.29) is 5.91 Å². The molecule has 1 N–H and O–H groups in total. The maximum Gasteiger partial charge on any atom is 0.257 e. The number of methoxy groups -OCH3 is 2. The number of nitrogens with zero attached hydrogens (tertiary/aromatic N) is 1. The summed E-state index contributed by atoms with van der Waals surface area (Å²) >= 11 is 1.43. The Balaban J connectivity index is 1.92. The van der Waals surface area contributed by atoms with E-state index in [1.165, 1.54) is 11.3 Å². The van der Waals surface area contributed by atoms with Crippen molar-refractivity contribution in [3.63, 3.8) is 0 Å². The topological polar surface area (TPSA) is 60.5 Å². The van der Waals surface area contributed by atoms with Gasteiger partial charge in [0.2, 0.25) is 0 Å². The molecule has 128 valence electrons. The van der Waals surface area contributed by atoms with E-state index in [1.807, 2.05) is 43.3 Å². The van der Waals surface area contributed by atoms with Crippen LogP contribution in [0, 0.1) is 6.92 Å². The number of anilines is 1. The van der Waals surface area contributed by atoms with Crippen molar-refractivity contribution in [2.24, 2.45) is 0 Å². The Morgan fingerprint density at radius 1 is 1.08 bits per heavy atom. The third kappa shape index (κ3) is 3.64. The van der Waals surface area contributed by atoms with Gasteiger partial charge in [-0.3, -0.25) is 10.1 Å². The first-order valence-corrected chi connectivity index (χ1v) is 8.50. The lowest BCUT2D eigenvalue weighted by molar-refractivity contribution is 0.102. The highest BCUT2D eigenvalue weighted by atomic mass is 32.1. The molecule has 1 aromatic heterocycles. The Hall–Kier alpha value is -2.86. The Labute approximate surface area is 150 Å². The minimum Gasteiger partial charge on any atom is -0.497 e. The second kappa shape index (κ2) is 7.36. The number of benzene rings is 2. The molecule has 0 bridgehead atoms. The quantitative estimate of drug-likeness (QED) is 0.738. The lowest BCUT2D eigenvalue weighted by Gasteiger charge is -2.09. The van der Waals surface area contributed by atoms with Gasteiger partial charge in [0.1, 0.15) is 11.5 Å². The van der Waals surface area contributed by atoms with Crippen LogP contribution in [0.5, 0.6) is 11.5 Å². The number of rotatable bonds is 5. The second-order valence-electron chi connectivity index (χ2n) is 5.31. The fourth-order valence-corrected chi connectivity index (χ4v) is 3.28. The summed E-state index contributed by atoms with van der Waals surface area (Å²) in [5, 5.41) is 3.40. The number of amides is 1. The molecule has 25 heavy (non-hydrogen) atoms. The van der Waals surface area contributed by atoms with Crippen LogP contribution in [0.15, 0.2) is 48.5 Å². The maximum absolute atomic E-state index is 12.3. The van der Waals surface area contributed by atoms with Crippen LogP contribution in [0.3, 0.4) is 0 Å². The van der Waals surface area contributed by atoms with Crippen LogP contribution in [-0.2, 0) is 0 Å². The normalized spacial score (nSPS) is 10.4. The first kappa shape index (κ1) is 17.0. The van der Waals surface area contributed by atoms with Crippen LogP contribution < -0.4 is 14.8 Å². The summed E-state index contributed by atoms with van der Waals surface area (Å²) in [6, 6.07) is 14.6. The van der Waals surface area contributed by atoms with Crippen molar-refractivity contribution in [3.05, 3.63) is 59.0 Å². The first-order valence-electron chi connectivity index (χ1n) is 7.68. The van der Waals surface area contributed by atoms with Crippen molar-refractivity contribution >= 4 is 22.4 Å². The summed E-state index contributed by atoms with van der Waals surface area (Å²) in [4.78, 5) is 17.9. The van der Waals surface area contributed by atoms with Crippen molar-refractivity contribution in [1.82, 2.24) is 4.98 Å². The van der Waals surface area contributed by atoms with Gasteiger partial charge in [-0.15, -0.1) is 11.3 Å². The number of aryl methyl sites for hydroxylation is 1. The fourth-order valence-electron chi connectivity index (χ4n) is 2.46. The predicted octanol–water partition coefficient (Wildman–Crippen LogP) is 4.39. The molecular formula is C19H18N2O3S. The average molecular weight is 354 g/mol. The van der Waals surface area contributed by atoms with Crippen molar-refractivity contribution < 1.29 is 14.3 Å². The maximum atomic E-state index is 12.3. The third-order valence-corrected chi connectivity index (χ3v) is 4.60. The fraction of sp³-hybridized carbons (Fsp3) is 0.158. The van der Waals surface area contributed by atoms with Crippen LogP contribution in [0.1, 0.15) is 15.2 Å². The molecule has 0 saturated carbocycles. The molecule has 0 radical (unpaired) electrons. The van der Waals surface area contributed by atoms with Crippen molar-refractivity contribution in [2.75, 3.05) is 19.5 Å². The molecule has 0 unspecified atom stereocenters. The number of carbonyl (C=O) groups excluding carboxylic acids is 1. The summed E-state index contributed by atoms with van der Waals surface area (Å²) in [6.07, 6.45) is 0. The summed E-state index contributed by atoms with van der Waals surface area (Å²) in [5.41, 5.74) is 2.19. The Bertz CT molecular complexity index is 891. The highest BCUT2D eigenvalue weighted by molar-refractivity contribution is 7.16. The second-order valence-corrected chi connectivity index (χ2v) is 6.51.